The summed E-state index contributed by atoms with van der Waals surface area (Å²) >= 11 is 0. The lowest BCUT2D eigenvalue weighted by Crippen LogP contribution is -2.15. The van der Waals surface area contributed by atoms with Gasteiger partial charge in [0.05, 0.1) is 0 Å². The van der Waals surface area contributed by atoms with Crippen molar-refractivity contribution >= 4 is 23.1 Å². The molecule has 0 unspecified atom stereocenters. The molecule has 0 amide bonds. The van der Waals surface area contributed by atoms with Crippen molar-refractivity contribution in [2.45, 2.75) is 26.2 Å². The van der Waals surface area contributed by atoms with Gasteiger partial charge in [-0.2, -0.15) is 0 Å². The van der Waals surface area contributed by atoms with Crippen LogP contribution < -0.4 is 4.90 Å². The molecule has 0 saturated carbocycles. The Morgan fingerprint density at radius 1 is 0.449 bits per heavy atom. The van der Waals surface area contributed by atoms with Gasteiger partial charge in [0.25, 0.3) is 0 Å². The highest BCUT2D eigenvalue weighted by Crippen LogP contribution is 2.51. The second-order valence-electron chi connectivity index (χ2n) is 13.5. The summed E-state index contributed by atoms with van der Waals surface area (Å²) in [4.78, 5) is 2.37. The van der Waals surface area contributed by atoms with E-state index in [-0.39, 0.29) is 5.41 Å². The van der Waals surface area contributed by atoms with Gasteiger partial charge in [0.1, 0.15) is 0 Å². The average molecular weight is 630 g/mol. The van der Waals surface area contributed by atoms with Crippen LogP contribution in [-0.2, 0) is 5.41 Å². The predicted molar refractivity (Wildman–Crippen MR) is 210 cm³/mol. The van der Waals surface area contributed by atoms with Gasteiger partial charge in [-0.1, -0.05) is 142 Å². The molecule has 0 spiro atoms. The number of benzene rings is 7. The van der Waals surface area contributed by atoms with Gasteiger partial charge in [0.2, 0.25) is 0 Å². The summed E-state index contributed by atoms with van der Waals surface area (Å²) in [5, 5.41) is 0. The lowest BCUT2D eigenvalue weighted by molar-refractivity contribution is 0.660. The van der Waals surface area contributed by atoms with Gasteiger partial charge in [0.15, 0.2) is 0 Å². The summed E-state index contributed by atoms with van der Waals surface area (Å²) in [6.07, 6.45) is 2.01. The van der Waals surface area contributed by atoms with Gasteiger partial charge in [-0.25, -0.2) is 0 Å². The molecule has 0 radical (unpaired) electrons. The zero-order chi connectivity index (χ0) is 33.5. The quantitative estimate of drug-likeness (QED) is 0.170. The monoisotopic (exact) mass is 629 g/mol. The molecule has 1 nitrogen and oxygen atoms in total. The van der Waals surface area contributed by atoms with Gasteiger partial charge in [-0.3, -0.25) is 0 Å². The molecule has 8 rings (SSSR count). The maximum atomic E-state index is 4.27. The number of nitrogens with zero attached hydrogens (tertiary/aromatic N) is 1. The van der Waals surface area contributed by atoms with Gasteiger partial charge < -0.3 is 4.90 Å². The van der Waals surface area contributed by atoms with E-state index in [0.717, 1.165) is 22.6 Å². The standard InChI is InChI=1S/C48H39N/c1-5-34-30-45-42-18-12-13-19-46(42)48(3,4)47(45)32-44(34)43-31-41(25-20-33(43)2)49(39-26-21-37(22-27-39)35-14-8-6-9-15-35)40-28-23-38(24-29-40)36-16-10-7-11-17-36/h5-32H,1H2,2-4H3. The Labute approximate surface area is 290 Å². The van der Waals surface area contributed by atoms with Crippen molar-refractivity contribution in [1.29, 1.82) is 0 Å². The fourth-order valence-electron chi connectivity index (χ4n) is 7.52. The van der Waals surface area contributed by atoms with Crippen molar-refractivity contribution < 1.29 is 0 Å². The number of rotatable bonds is 7. The molecule has 0 saturated heterocycles. The van der Waals surface area contributed by atoms with E-state index >= 15 is 0 Å². The number of hydrogen-bond acceptors (Lipinski definition) is 1. The minimum atomic E-state index is -0.0844. The van der Waals surface area contributed by atoms with Crippen LogP contribution in [0.25, 0.3) is 50.6 Å². The molecule has 236 valence electrons. The Balaban J connectivity index is 1.26. The van der Waals surface area contributed by atoms with Gasteiger partial charge in [-0.15, -0.1) is 0 Å². The molecule has 7 aromatic rings. The summed E-state index contributed by atoms with van der Waals surface area (Å²) < 4.78 is 0. The fraction of sp³-hybridized carbons (Fsp3) is 0.0833. The zero-order valence-electron chi connectivity index (χ0n) is 28.3. The van der Waals surface area contributed by atoms with Crippen molar-refractivity contribution in [3.8, 4) is 44.5 Å². The molecule has 0 aliphatic heterocycles. The van der Waals surface area contributed by atoms with E-state index in [9.17, 15) is 0 Å². The van der Waals surface area contributed by atoms with Crippen molar-refractivity contribution in [2.75, 3.05) is 4.90 Å². The zero-order valence-corrected chi connectivity index (χ0v) is 28.3. The van der Waals surface area contributed by atoms with E-state index in [2.05, 4.69) is 196 Å². The van der Waals surface area contributed by atoms with Crippen molar-refractivity contribution in [2.24, 2.45) is 0 Å². The molecular formula is C48H39N. The lowest BCUT2D eigenvalue weighted by atomic mass is 9.80. The summed E-state index contributed by atoms with van der Waals surface area (Å²) in [7, 11) is 0. The van der Waals surface area contributed by atoms with E-state index in [1.807, 2.05) is 6.08 Å². The smallest absolute Gasteiger partial charge is 0.0467 e. The number of fused-ring (bicyclic) bond motifs is 3. The summed E-state index contributed by atoms with van der Waals surface area (Å²) in [6.45, 7) is 11.2. The number of anilines is 3. The molecule has 7 aromatic carbocycles. The molecule has 49 heavy (non-hydrogen) atoms. The molecule has 0 bridgehead atoms. The molecule has 0 N–H and O–H groups in total. The topological polar surface area (TPSA) is 3.24 Å². The fourth-order valence-corrected chi connectivity index (χ4v) is 7.52. The molecular weight excluding hydrogens is 591 g/mol. The van der Waals surface area contributed by atoms with Crippen LogP contribution in [0.15, 0.2) is 170 Å². The first-order valence-corrected chi connectivity index (χ1v) is 17.1. The van der Waals surface area contributed by atoms with Crippen LogP contribution in [0.5, 0.6) is 0 Å². The highest BCUT2D eigenvalue weighted by molar-refractivity contribution is 5.90. The lowest BCUT2D eigenvalue weighted by Gasteiger charge is -2.27. The van der Waals surface area contributed by atoms with E-state index in [1.54, 1.807) is 0 Å². The van der Waals surface area contributed by atoms with Crippen LogP contribution >= 0.6 is 0 Å². The Hall–Kier alpha value is -5.92. The molecule has 0 aromatic heterocycles. The van der Waals surface area contributed by atoms with Crippen LogP contribution in [0.1, 0.15) is 36.1 Å². The minimum absolute atomic E-state index is 0.0844. The maximum Gasteiger partial charge on any atom is 0.0467 e. The summed E-state index contributed by atoms with van der Waals surface area (Å²) in [5.74, 6) is 0. The summed E-state index contributed by atoms with van der Waals surface area (Å²) in [6, 6.07) is 59.4. The van der Waals surface area contributed by atoms with Crippen molar-refractivity contribution in [3.63, 3.8) is 0 Å². The minimum Gasteiger partial charge on any atom is -0.310 e. The highest BCUT2D eigenvalue weighted by atomic mass is 15.1. The average Bonchev–Trinajstić information content (AvgIpc) is 3.38. The maximum absolute atomic E-state index is 4.27. The first kappa shape index (κ1) is 30.4. The third-order valence-corrected chi connectivity index (χ3v) is 10.2. The van der Waals surface area contributed by atoms with E-state index in [0.29, 0.717) is 0 Å². The van der Waals surface area contributed by atoms with E-state index in [4.69, 9.17) is 0 Å². The first-order valence-electron chi connectivity index (χ1n) is 17.1. The highest BCUT2D eigenvalue weighted by Gasteiger charge is 2.36. The predicted octanol–water partition coefficient (Wildman–Crippen LogP) is 13.4. The Morgan fingerprint density at radius 2 is 0.959 bits per heavy atom. The van der Waals surface area contributed by atoms with E-state index in [1.165, 1.54) is 61.2 Å². The molecule has 1 heteroatoms. The molecule has 0 atom stereocenters. The van der Waals surface area contributed by atoms with Crippen LogP contribution in [0.2, 0.25) is 0 Å². The largest absolute Gasteiger partial charge is 0.310 e. The summed E-state index contributed by atoms with van der Waals surface area (Å²) in [5.41, 5.74) is 18.3. The Kier molecular flexibility index (Phi) is 7.62. The molecule has 0 heterocycles. The van der Waals surface area contributed by atoms with Crippen molar-refractivity contribution in [3.05, 3.63) is 193 Å². The van der Waals surface area contributed by atoms with Gasteiger partial charge in [0, 0.05) is 22.5 Å². The third kappa shape index (κ3) is 5.38. The van der Waals surface area contributed by atoms with Crippen molar-refractivity contribution in [1.82, 2.24) is 0 Å². The normalized spacial score (nSPS) is 12.6. The second-order valence-corrected chi connectivity index (χ2v) is 13.5. The van der Waals surface area contributed by atoms with E-state index < -0.39 is 0 Å². The number of aryl methyl sites for hydroxylation is 1. The van der Waals surface area contributed by atoms with Gasteiger partial charge in [-0.05, 0) is 122 Å². The first-order chi connectivity index (χ1) is 23.9. The molecule has 1 aliphatic rings. The third-order valence-electron chi connectivity index (χ3n) is 10.2. The van der Waals surface area contributed by atoms with Crippen LogP contribution in [-0.4, -0.2) is 0 Å². The Morgan fingerprint density at radius 3 is 1.53 bits per heavy atom. The van der Waals surface area contributed by atoms with Gasteiger partial charge >= 0.3 is 0 Å². The SMILES string of the molecule is C=Cc1cc2c(cc1-c1cc(N(c3ccc(-c4ccccc4)cc3)c3ccc(-c4ccccc4)cc3)ccc1C)C(C)(C)c1ccccc1-2. The Bertz CT molecular complexity index is 2210. The molecule has 0 fully saturated rings. The van der Waals surface area contributed by atoms with Crippen LogP contribution in [0.4, 0.5) is 17.1 Å². The molecule has 1 aliphatic carbocycles. The van der Waals surface area contributed by atoms with Crippen LogP contribution in [0.3, 0.4) is 0 Å². The second kappa shape index (κ2) is 12.3. The van der Waals surface area contributed by atoms with Crippen LogP contribution in [0, 0.1) is 6.92 Å². The number of hydrogen-bond donors (Lipinski definition) is 0.